The average Bonchev–Trinajstić information content (AvgIpc) is 3.44. The standard InChI is InChI=1S/C32H52O6/c1-17-15-19(26(28(5,6)36)37-18(2)33)38-24-23(17)29(7)13-14-32-16-31(32)12-11-22(34)27(3,4)20(31)9-10-21(32)30(29,8)25(24)35/h17,19-26,34-36H,9-16H2,1-8H3/t17-,19-,20+,21+,22+,23+,24-,25+,26+,29-,30-,31-,32+/m1/s1. The topological polar surface area (TPSA) is 96.2 Å². The second kappa shape index (κ2) is 7.98. The summed E-state index contributed by atoms with van der Waals surface area (Å²) < 4.78 is 12.4. The van der Waals surface area contributed by atoms with Gasteiger partial charge in [0.1, 0.15) is 0 Å². The zero-order valence-electron chi connectivity index (χ0n) is 24.9. The van der Waals surface area contributed by atoms with Crippen molar-refractivity contribution in [3.8, 4) is 0 Å². The van der Waals surface area contributed by atoms with Crippen molar-refractivity contribution in [2.45, 2.75) is 143 Å². The Morgan fingerprint density at radius 3 is 2.26 bits per heavy atom. The fourth-order valence-corrected chi connectivity index (χ4v) is 12.4. The van der Waals surface area contributed by atoms with Crippen LogP contribution in [0.5, 0.6) is 0 Å². The van der Waals surface area contributed by atoms with E-state index in [0.29, 0.717) is 23.7 Å². The predicted molar refractivity (Wildman–Crippen MR) is 144 cm³/mol. The third kappa shape index (κ3) is 3.13. The molecule has 1 heterocycles. The molecule has 1 saturated heterocycles. The monoisotopic (exact) mass is 532 g/mol. The van der Waals surface area contributed by atoms with Crippen LogP contribution in [0.25, 0.3) is 0 Å². The van der Waals surface area contributed by atoms with Gasteiger partial charge in [-0.3, -0.25) is 4.79 Å². The molecular formula is C32H52O6. The quantitative estimate of drug-likeness (QED) is 0.449. The van der Waals surface area contributed by atoms with Gasteiger partial charge in [-0.25, -0.2) is 0 Å². The Labute approximate surface area is 229 Å². The van der Waals surface area contributed by atoms with Gasteiger partial charge in [0.2, 0.25) is 0 Å². The van der Waals surface area contributed by atoms with Crippen molar-refractivity contribution in [3.05, 3.63) is 0 Å². The highest BCUT2D eigenvalue weighted by Crippen LogP contribution is 2.89. The molecule has 0 aromatic heterocycles. The summed E-state index contributed by atoms with van der Waals surface area (Å²) in [6.07, 6.45) is 6.19. The van der Waals surface area contributed by atoms with Crippen LogP contribution in [0.15, 0.2) is 0 Å². The highest BCUT2D eigenvalue weighted by molar-refractivity contribution is 5.66. The van der Waals surface area contributed by atoms with Crippen LogP contribution in [-0.4, -0.2) is 57.4 Å². The maximum absolute atomic E-state index is 12.3. The van der Waals surface area contributed by atoms with Crippen molar-refractivity contribution >= 4 is 5.97 Å². The van der Waals surface area contributed by atoms with Crippen LogP contribution >= 0.6 is 0 Å². The van der Waals surface area contributed by atoms with Crippen molar-refractivity contribution in [2.24, 2.45) is 50.7 Å². The summed E-state index contributed by atoms with van der Waals surface area (Å²) in [6, 6.07) is 0. The summed E-state index contributed by atoms with van der Waals surface area (Å²) >= 11 is 0. The average molecular weight is 533 g/mol. The van der Waals surface area contributed by atoms with Crippen LogP contribution in [-0.2, 0) is 14.3 Å². The summed E-state index contributed by atoms with van der Waals surface area (Å²) in [5.74, 6) is 1.09. The van der Waals surface area contributed by atoms with E-state index in [1.165, 1.54) is 19.8 Å². The van der Waals surface area contributed by atoms with Crippen LogP contribution in [0.2, 0.25) is 0 Å². The molecule has 0 amide bonds. The van der Waals surface area contributed by atoms with E-state index in [1.54, 1.807) is 13.8 Å². The number of hydrogen-bond acceptors (Lipinski definition) is 6. The molecule has 2 spiro atoms. The minimum absolute atomic E-state index is 0.0383. The normalized spacial score (nSPS) is 55.4. The smallest absolute Gasteiger partial charge is 0.303 e. The lowest BCUT2D eigenvalue weighted by Crippen LogP contribution is -2.59. The second-order valence-corrected chi connectivity index (χ2v) is 16.3. The zero-order chi connectivity index (χ0) is 27.8. The molecule has 0 bridgehead atoms. The molecule has 3 N–H and O–H groups in total. The highest BCUT2D eigenvalue weighted by Gasteiger charge is 2.84. The fourth-order valence-electron chi connectivity index (χ4n) is 12.4. The van der Waals surface area contributed by atoms with Crippen LogP contribution in [0.1, 0.15) is 107 Å². The molecule has 13 atom stereocenters. The Kier molecular flexibility index (Phi) is 5.77. The zero-order valence-corrected chi connectivity index (χ0v) is 24.9. The number of esters is 1. The Morgan fingerprint density at radius 1 is 1.00 bits per heavy atom. The van der Waals surface area contributed by atoms with Gasteiger partial charge in [-0.05, 0) is 111 Å². The van der Waals surface area contributed by atoms with E-state index in [-0.39, 0.29) is 45.7 Å². The SMILES string of the molecule is CC(=O)O[C@@H]([C@H]1C[C@@H](C)[C@H]2[C@@H](O1)[C@H](O)[C@@]1(C)[C@@H]3CC[C@H]4C(C)(C)[C@@H](O)CC[C@@]45C[C@@]35CC[C@]21C)C(C)(C)O. The van der Waals surface area contributed by atoms with Gasteiger partial charge in [-0.2, -0.15) is 0 Å². The van der Waals surface area contributed by atoms with E-state index < -0.39 is 29.9 Å². The number of ether oxygens (including phenoxy) is 2. The molecule has 5 saturated carbocycles. The Morgan fingerprint density at radius 2 is 1.63 bits per heavy atom. The molecule has 6 aliphatic rings. The van der Waals surface area contributed by atoms with Gasteiger partial charge in [0.15, 0.2) is 6.10 Å². The molecule has 0 aromatic rings. The summed E-state index contributed by atoms with van der Waals surface area (Å²) in [5.41, 5.74) is -1.01. The van der Waals surface area contributed by atoms with E-state index in [2.05, 4.69) is 34.6 Å². The van der Waals surface area contributed by atoms with Crippen LogP contribution < -0.4 is 0 Å². The highest BCUT2D eigenvalue weighted by atomic mass is 16.6. The van der Waals surface area contributed by atoms with E-state index in [4.69, 9.17) is 9.47 Å². The fraction of sp³-hybridized carbons (Fsp3) is 0.969. The number of aliphatic hydroxyl groups is 3. The Bertz CT molecular complexity index is 1000. The molecule has 216 valence electrons. The van der Waals surface area contributed by atoms with Crippen molar-refractivity contribution in [1.29, 1.82) is 0 Å². The van der Waals surface area contributed by atoms with Gasteiger partial charge in [0.05, 0.1) is 30.0 Å². The minimum Gasteiger partial charge on any atom is -0.457 e. The van der Waals surface area contributed by atoms with Crippen LogP contribution in [0.4, 0.5) is 0 Å². The molecule has 5 aliphatic carbocycles. The van der Waals surface area contributed by atoms with E-state index >= 15 is 0 Å². The van der Waals surface area contributed by atoms with Gasteiger partial charge in [-0.1, -0.05) is 34.6 Å². The third-order valence-corrected chi connectivity index (χ3v) is 14.1. The lowest BCUT2D eigenvalue weighted by molar-refractivity contribution is -0.216. The molecule has 0 unspecified atom stereocenters. The minimum atomic E-state index is -1.24. The van der Waals surface area contributed by atoms with E-state index in [1.807, 2.05) is 0 Å². The lowest BCUT2D eigenvalue weighted by Gasteiger charge is -2.63. The van der Waals surface area contributed by atoms with Gasteiger partial charge in [0, 0.05) is 12.3 Å². The van der Waals surface area contributed by atoms with E-state index in [9.17, 15) is 20.1 Å². The summed E-state index contributed by atoms with van der Waals surface area (Å²) in [4.78, 5) is 11.9. The maximum Gasteiger partial charge on any atom is 0.303 e. The van der Waals surface area contributed by atoms with Crippen molar-refractivity contribution in [3.63, 3.8) is 0 Å². The van der Waals surface area contributed by atoms with Gasteiger partial charge in [0.25, 0.3) is 0 Å². The van der Waals surface area contributed by atoms with Gasteiger partial charge < -0.3 is 24.8 Å². The molecule has 6 heteroatoms. The van der Waals surface area contributed by atoms with Crippen LogP contribution in [0.3, 0.4) is 0 Å². The number of aliphatic hydroxyl groups excluding tert-OH is 2. The summed E-state index contributed by atoms with van der Waals surface area (Å²) in [7, 11) is 0. The Hall–Kier alpha value is -0.690. The first-order valence-corrected chi connectivity index (χ1v) is 15.4. The first-order valence-electron chi connectivity index (χ1n) is 15.4. The second-order valence-electron chi connectivity index (χ2n) is 16.3. The largest absolute Gasteiger partial charge is 0.457 e. The molecule has 6 fully saturated rings. The number of fused-ring (bicyclic) bond motifs is 4. The van der Waals surface area contributed by atoms with Gasteiger partial charge in [-0.15, -0.1) is 0 Å². The molecule has 6 nitrogen and oxygen atoms in total. The molecule has 38 heavy (non-hydrogen) atoms. The van der Waals surface area contributed by atoms with Crippen molar-refractivity contribution in [2.75, 3.05) is 0 Å². The molecular weight excluding hydrogens is 480 g/mol. The summed E-state index contributed by atoms with van der Waals surface area (Å²) in [5, 5.41) is 34.2. The predicted octanol–water partition coefficient (Wildman–Crippen LogP) is 4.86. The first kappa shape index (κ1) is 27.5. The number of carbonyl (C=O) groups excluding carboxylic acids is 1. The third-order valence-electron chi connectivity index (χ3n) is 14.1. The van der Waals surface area contributed by atoms with Crippen molar-refractivity contribution < 1.29 is 29.6 Å². The number of hydrogen-bond donors (Lipinski definition) is 3. The molecule has 0 aromatic carbocycles. The Balaban J connectivity index is 1.35. The van der Waals surface area contributed by atoms with Crippen molar-refractivity contribution in [1.82, 2.24) is 0 Å². The van der Waals surface area contributed by atoms with Gasteiger partial charge >= 0.3 is 5.97 Å². The van der Waals surface area contributed by atoms with E-state index in [0.717, 1.165) is 32.1 Å². The molecule has 6 rings (SSSR count). The number of carbonyl (C=O) groups is 1. The number of rotatable bonds is 3. The first-order chi connectivity index (χ1) is 17.5. The summed E-state index contributed by atoms with van der Waals surface area (Å²) in [6.45, 7) is 16.4. The maximum atomic E-state index is 12.3. The molecule has 1 aliphatic heterocycles. The molecule has 0 radical (unpaired) electrons. The lowest BCUT2D eigenvalue weighted by atomic mass is 9.41. The van der Waals surface area contributed by atoms with Crippen LogP contribution in [0, 0.1) is 50.7 Å².